The summed E-state index contributed by atoms with van der Waals surface area (Å²) in [6, 6.07) is 8.60. The zero-order chi connectivity index (χ0) is 11.1. The summed E-state index contributed by atoms with van der Waals surface area (Å²) < 4.78 is 5.68. The van der Waals surface area contributed by atoms with Crippen molar-refractivity contribution >= 4 is 20.5 Å². The van der Waals surface area contributed by atoms with Gasteiger partial charge in [0.15, 0.2) is 9.76 Å². The van der Waals surface area contributed by atoms with Crippen LogP contribution in [0.15, 0.2) is 30.8 Å². The Morgan fingerprint density at radius 3 is 2.53 bits per heavy atom. The van der Waals surface area contributed by atoms with Crippen LogP contribution in [0, 0.1) is 0 Å². The molecule has 0 saturated heterocycles. The summed E-state index contributed by atoms with van der Waals surface area (Å²) in [5.74, 6) is 0. The van der Waals surface area contributed by atoms with Crippen LogP contribution in [-0.2, 0) is 4.43 Å². The molecule has 0 aliphatic heterocycles. The zero-order valence-electron chi connectivity index (χ0n) is 9.75. The highest BCUT2D eigenvalue weighted by Crippen LogP contribution is 2.08. The second kappa shape index (κ2) is 6.59. The minimum atomic E-state index is -0.502. The molecule has 0 aliphatic carbocycles. The second-order valence-corrected chi connectivity index (χ2v) is 5.40. The average Bonchev–Trinajstić information content (AvgIpc) is 2.25. The Bertz CT molecular complexity index is 303. The fraction of sp³-hybridized carbons (Fsp3) is 0.385. The van der Waals surface area contributed by atoms with Crippen LogP contribution in [0.4, 0.5) is 0 Å². The number of benzene rings is 1. The molecule has 15 heavy (non-hydrogen) atoms. The van der Waals surface area contributed by atoms with Gasteiger partial charge in [-0.2, -0.15) is 0 Å². The van der Waals surface area contributed by atoms with Crippen LogP contribution >= 0.6 is 0 Å². The lowest BCUT2D eigenvalue weighted by atomic mass is 10.1. The lowest BCUT2D eigenvalue weighted by Gasteiger charge is -2.04. The molecule has 0 heterocycles. The molecule has 0 spiro atoms. The summed E-state index contributed by atoms with van der Waals surface area (Å²) >= 11 is 0. The maximum Gasteiger partial charge on any atom is 0.192 e. The van der Waals surface area contributed by atoms with Crippen molar-refractivity contribution in [1.82, 2.24) is 0 Å². The van der Waals surface area contributed by atoms with Crippen LogP contribution in [0.5, 0.6) is 0 Å². The maximum atomic E-state index is 5.68. The Balaban J connectivity index is 2.39. The normalized spacial score (nSPS) is 11.1. The van der Waals surface area contributed by atoms with E-state index in [-0.39, 0.29) is 0 Å². The van der Waals surface area contributed by atoms with E-state index in [4.69, 9.17) is 4.43 Å². The van der Waals surface area contributed by atoms with Gasteiger partial charge in [0, 0.05) is 6.61 Å². The molecule has 2 heteroatoms. The average molecular weight is 220 g/mol. The number of unbranched alkanes of at least 4 members (excludes halogenated alkanes) is 1. The first-order valence-corrected chi connectivity index (χ1v) is 6.85. The summed E-state index contributed by atoms with van der Waals surface area (Å²) in [5.41, 5.74) is 2.34. The number of hydrogen-bond acceptors (Lipinski definition) is 1. The lowest BCUT2D eigenvalue weighted by molar-refractivity contribution is 0.332. The number of hydrogen-bond donors (Lipinski definition) is 0. The van der Waals surface area contributed by atoms with Gasteiger partial charge in [0.25, 0.3) is 0 Å². The third kappa shape index (κ3) is 4.45. The monoisotopic (exact) mass is 220 g/mol. The molecule has 1 nitrogen and oxygen atoms in total. The molecule has 0 amide bonds. The van der Waals surface area contributed by atoms with Gasteiger partial charge in [0.1, 0.15) is 0 Å². The topological polar surface area (TPSA) is 9.23 Å². The largest absolute Gasteiger partial charge is 0.419 e. The minimum Gasteiger partial charge on any atom is -0.419 e. The Morgan fingerprint density at radius 2 is 2.00 bits per heavy atom. The summed E-state index contributed by atoms with van der Waals surface area (Å²) in [6.45, 7) is 9.06. The molecule has 0 bridgehead atoms. The van der Waals surface area contributed by atoms with Crippen molar-refractivity contribution in [3.05, 3.63) is 36.4 Å². The Labute approximate surface area is 95.1 Å². The van der Waals surface area contributed by atoms with Crippen molar-refractivity contribution in [3.63, 3.8) is 0 Å². The smallest absolute Gasteiger partial charge is 0.192 e. The molecule has 1 rings (SSSR count). The summed E-state index contributed by atoms with van der Waals surface area (Å²) in [7, 11) is -0.502. The second-order valence-electron chi connectivity index (χ2n) is 3.88. The van der Waals surface area contributed by atoms with E-state index >= 15 is 0 Å². The quantitative estimate of drug-likeness (QED) is 0.528. The van der Waals surface area contributed by atoms with Gasteiger partial charge in [-0.05, 0) is 24.1 Å². The Kier molecular flexibility index (Phi) is 5.36. The molecule has 0 aromatic heterocycles. The van der Waals surface area contributed by atoms with Crippen LogP contribution in [0.3, 0.4) is 0 Å². The summed E-state index contributed by atoms with van der Waals surface area (Å²) in [4.78, 5) is 0. The molecule has 0 atom stereocenters. The van der Waals surface area contributed by atoms with Crippen molar-refractivity contribution in [2.24, 2.45) is 0 Å². The molecule has 0 fully saturated rings. The van der Waals surface area contributed by atoms with Crippen LogP contribution < -0.4 is 5.19 Å². The third-order valence-electron chi connectivity index (χ3n) is 2.36. The van der Waals surface area contributed by atoms with Crippen molar-refractivity contribution in [2.75, 3.05) is 6.61 Å². The lowest BCUT2D eigenvalue weighted by Crippen LogP contribution is -2.17. The molecule has 1 aromatic rings. The van der Waals surface area contributed by atoms with E-state index in [9.17, 15) is 0 Å². The molecular formula is C13H20OSi. The highest BCUT2D eigenvalue weighted by atomic mass is 28.2. The summed E-state index contributed by atoms with van der Waals surface area (Å²) in [6.07, 6.45) is 2.39. The number of rotatable bonds is 6. The summed E-state index contributed by atoms with van der Waals surface area (Å²) in [5, 5.41) is 1.37. The molecule has 0 aliphatic rings. The van der Waals surface area contributed by atoms with Crippen LogP contribution in [0.25, 0.3) is 5.57 Å². The Morgan fingerprint density at radius 1 is 1.33 bits per heavy atom. The van der Waals surface area contributed by atoms with Gasteiger partial charge in [0.2, 0.25) is 0 Å². The van der Waals surface area contributed by atoms with Gasteiger partial charge in [-0.25, -0.2) is 0 Å². The highest BCUT2D eigenvalue weighted by Gasteiger charge is 1.96. The van der Waals surface area contributed by atoms with Crippen LogP contribution in [-0.4, -0.2) is 16.4 Å². The standard InChI is InChI=1S/C13H20OSi/c1-4-5-10-14-15-13-8-6-12(7-9-13)11(2)3/h6-9H,2,4-5,10,15H2,1,3H3. The molecule has 82 valence electrons. The first-order valence-electron chi connectivity index (χ1n) is 5.56. The SMILES string of the molecule is C=C(C)c1ccc([SiH2]OCCCC)cc1. The molecule has 1 aromatic carbocycles. The van der Waals surface area contributed by atoms with Gasteiger partial charge in [-0.1, -0.05) is 49.8 Å². The van der Waals surface area contributed by atoms with Crippen molar-refractivity contribution in [3.8, 4) is 0 Å². The minimum absolute atomic E-state index is 0.502. The van der Waals surface area contributed by atoms with Gasteiger partial charge in [-0.15, -0.1) is 0 Å². The molecule has 0 radical (unpaired) electrons. The van der Waals surface area contributed by atoms with Gasteiger partial charge in [0.05, 0.1) is 0 Å². The first-order chi connectivity index (χ1) is 7.24. The van der Waals surface area contributed by atoms with E-state index in [1.54, 1.807) is 0 Å². The van der Waals surface area contributed by atoms with Gasteiger partial charge in [-0.3, -0.25) is 0 Å². The molecule has 0 saturated carbocycles. The van der Waals surface area contributed by atoms with E-state index in [1.807, 2.05) is 6.92 Å². The van der Waals surface area contributed by atoms with E-state index in [0.29, 0.717) is 0 Å². The van der Waals surface area contributed by atoms with E-state index in [2.05, 4.69) is 37.8 Å². The predicted octanol–water partition coefficient (Wildman–Crippen LogP) is 2.25. The predicted molar refractivity (Wildman–Crippen MR) is 70.2 cm³/mol. The number of allylic oxidation sites excluding steroid dienone is 1. The van der Waals surface area contributed by atoms with E-state index < -0.39 is 9.76 Å². The fourth-order valence-corrected chi connectivity index (χ4v) is 2.33. The van der Waals surface area contributed by atoms with Gasteiger partial charge >= 0.3 is 0 Å². The Hall–Kier alpha value is -0.863. The van der Waals surface area contributed by atoms with Crippen LogP contribution in [0.2, 0.25) is 0 Å². The highest BCUT2D eigenvalue weighted by molar-refractivity contribution is 6.46. The van der Waals surface area contributed by atoms with Crippen molar-refractivity contribution in [2.45, 2.75) is 26.7 Å². The fourth-order valence-electron chi connectivity index (χ4n) is 1.32. The van der Waals surface area contributed by atoms with E-state index in [1.165, 1.54) is 23.6 Å². The van der Waals surface area contributed by atoms with Crippen LogP contribution in [0.1, 0.15) is 32.3 Å². The third-order valence-corrected chi connectivity index (χ3v) is 3.66. The van der Waals surface area contributed by atoms with Gasteiger partial charge < -0.3 is 4.43 Å². The van der Waals surface area contributed by atoms with E-state index in [0.717, 1.165) is 12.2 Å². The molecular weight excluding hydrogens is 200 g/mol. The zero-order valence-corrected chi connectivity index (χ0v) is 11.2. The van der Waals surface area contributed by atoms with Crippen molar-refractivity contribution < 1.29 is 4.43 Å². The molecule has 0 N–H and O–H groups in total. The first kappa shape index (κ1) is 12.2. The molecule has 0 unspecified atom stereocenters. The van der Waals surface area contributed by atoms with Crippen molar-refractivity contribution in [1.29, 1.82) is 0 Å². The maximum absolute atomic E-state index is 5.68.